The average Bonchev–Trinajstić information content (AvgIpc) is 3.76. The van der Waals surface area contributed by atoms with Crippen LogP contribution in [0.15, 0.2) is 122 Å². The van der Waals surface area contributed by atoms with Gasteiger partial charge >= 0.3 is 0 Å². The maximum Gasteiger partial charge on any atom is 0.0579 e. The van der Waals surface area contributed by atoms with Gasteiger partial charge in [-0.1, -0.05) is 74.5 Å². The molecule has 2 aromatic heterocycles. The first-order valence-electron chi connectivity index (χ1n) is 21.8. The van der Waals surface area contributed by atoms with Crippen LogP contribution in [0.5, 0.6) is 0 Å². The zero-order valence-electron chi connectivity index (χ0n) is 35.8. The van der Waals surface area contributed by atoms with Gasteiger partial charge in [-0.25, -0.2) is 0 Å². The first kappa shape index (κ1) is 37.7. The topological polar surface area (TPSA) is 61.9 Å². The van der Waals surface area contributed by atoms with Crippen molar-refractivity contribution < 1.29 is 0 Å². The molecule has 0 amide bonds. The van der Waals surface area contributed by atoms with E-state index in [0.717, 1.165) is 49.9 Å². The Labute approximate surface area is 353 Å². The smallest absolute Gasteiger partial charge is 0.0579 e. The average molecular weight is 783 g/mol. The lowest BCUT2D eigenvalue weighted by Gasteiger charge is -2.31. The molecule has 4 nitrogen and oxygen atoms in total. The molecule has 6 aromatic carbocycles. The van der Waals surface area contributed by atoms with Crippen LogP contribution in [0.2, 0.25) is 0 Å². The van der Waals surface area contributed by atoms with E-state index < -0.39 is 0 Å². The number of aryl methyl sites for hydroxylation is 8. The molecule has 4 N–H and O–H groups in total. The number of nitrogens with two attached hydrogens (primary N) is 2. The van der Waals surface area contributed by atoms with E-state index in [-0.39, 0.29) is 0 Å². The molecule has 0 radical (unpaired) electrons. The summed E-state index contributed by atoms with van der Waals surface area (Å²) in [4.78, 5) is 0. The number of rotatable bonds is 8. The van der Waals surface area contributed by atoms with E-state index in [1.165, 1.54) is 122 Å². The van der Waals surface area contributed by atoms with E-state index in [1.54, 1.807) is 12.4 Å². The zero-order chi connectivity index (χ0) is 41.4. The van der Waals surface area contributed by atoms with Gasteiger partial charge in [0.25, 0.3) is 0 Å². The largest absolute Gasteiger partial charge is 0.405 e. The summed E-state index contributed by atoms with van der Waals surface area (Å²) in [6.45, 7) is 13.2. The van der Waals surface area contributed by atoms with Crippen molar-refractivity contribution in [2.75, 3.05) is 0 Å². The highest BCUT2D eigenvalue weighted by Gasteiger charge is 2.33. The Bertz CT molecular complexity index is 3010. The summed E-state index contributed by atoms with van der Waals surface area (Å²) in [6.07, 6.45) is 17.9. The summed E-state index contributed by atoms with van der Waals surface area (Å²) in [7, 11) is 0. The van der Waals surface area contributed by atoms with Crippen molar-refractivity contribution in [1.29, 1.82) is 0 Å². The van der Waals surface area contributed by atoms with Gasteiger partial charge in [0.05, 0.1) is 22.1 Å². The minimum Gasteiger partial charge on any atom is -0.405 e. The first-order chi connectivity index (χ1) is 29.2. The molecule has 298 valence electrons. The van der Waals surface area contributed by atoms with Crippen molar-refractivity contribution in [1.82, 2.24) is 9.13 Å². The lowest BCUT2D eigenvalue weighted by molar-refractivity contribution is 0.884. The third-order valence-electron chi connectivity index (χ3n) is 13.6. The summed E-state index contributed by atoms with van der Waals surface area (Å²) in [5.74, 6) is 0. The molecule has 4 heteroatoms. The molecule has 0 fully saturated rings. The van der Waals surface area contributed by atoms with Crippen molar-refractivity contribution >= 4 is 55.0 Å². The fourth-order valence-electron chi connectivity index (χ4n) is 10.5. The van der Waals surface area contributed by atoms with Gasteiger partial charge in [-0.3, -0.25) is 0 Å². The second-order valence-electron chi connectivity index (χ2n) is 17.1. The molecule has 2 aliphatic rings. The Morgan fingerprint density at radius 1 is 0.483 bits per heavy atom. The van der Waals surface area contributed by atoms with E-state index >= 15 is 0 Å². The van der Waals surface area contributed by atoms with Crippen LogP contribution >= 0.6 is 0 Å². The van der Waals surface area contributed by atoms with Gasteiger partial charge in [-0.15, -0.1) is 0 Å². The molecule has 0 unspecified atom stereocenters. The Kier molecular flexibility index (Phi) is 9.20. The van der Waals surface area contributed by atoms with Gasteiger partial charge in [0.1, 0.15) is 0 Å². The fraction of sp³-hybridized carbons (Fsp3) is 0.214. The van der Waals surface area contributed by atoms with Crippen LogP contribution in [-0.4, -0.2) is 9.13 Å². The van der Waals surface area contributed by atoms with E-state index in [4.69, 9.17) is 11.5 Å². The van der Waals surface area contributed by atoms with E-state index in [0.29, 0.717) is 0 Å². The van der Waals surface area contributed by atoms with Crippen LogP contribution in [0.1, 0.15) is 71.2 Å². The van der Waals surface area contributed by atoms with E-state index in [2.05, 4.69) is 160 Å². The maximum absolute atomic E-state index is 6.20. The number of aromatic nitrogens is 2. The summed E-state index contributed by atoms with van der Waals surface area (Å²) in [5.41, 5.74) is 38.7. The number of fused-ring (bicyclic) bond motifs is 8. The van der Waals surface area contributed by atoms with Crippen LogP contribution in [0.3, 0.4) is 0 Å². The Hall–Kier alpha value is -6.52. The van der Waals surface area contributed by atoms with Crippen molar-refractivity contribution in [2.45, 2.75) is 80.1 Å². The number of benzene rings is 6. The van der Waals surface area contributed by atoms with Crippen LogP contribution in [-0.2, 0) is 25.7 Å². The highest BCUT2D eigenvalue weighted by atomic mass is 15.0. The van der Waals surface area contributed by atoms with Crippen LogP contribution in [0.4, 0.5) is 0 Å². The number of hydrogen-bond donors (Lipinski definition) is 2. The molecule has 8 aromatic rings. The zero-order valence-corrected chi connectivity index (χ0v) is 35.8. The lowest BCUT2D eigenvalue weighted by atomic mass is 9.74. The SMILES string of the molecule is CC/C=C(\C=C/N)n1c2ccc(-c3ccc(C)c(C)c3)cc2c2cc3c4c(c21)CCc1cc2c5cc(-c6ccc(C)c(C)c6)ccc5n(C(/C=C\N)=C/CC)c2c(c1-4)CC3. The molecule has 10 rings (SSSR count). The Morgan fingerprint density at radius 3 is 1.27 bits per heavy atom. The van der Waals surface area contributed by atoms with Crippen molar-refractivity contribution in [3.63, 3.8) is 0 Å². The predicted octanol–water partition coefficient (Wildman–Crippen LogP) is 13.8. The fourth-order valence-corrected chi connectivity index (χ4v) is 10.5. The molecular formula is C56H54N4. The third kappa shape index (κ3) is 5.72. The lowest BCUT2D eigenvalue weighted by Crippen LogP contribution is -2.16. The molecule has 0 spiro atoms. The normalized spacial score (nSPS) is 14.2. The quantitative estimate of drug-likeness (QED) is 0.151. The minimum absolute atomic E-state index is 0.910. The number of allylic oxidation sites excluding steroid dienone is 6. The molecule has 0 saturated heterocycles. The van der Waals surface area contributed by atoms with Crippen LogP contribution in [0.25, 0.3) is 88.4 Å². The molecule has 2 aliphatic carbocycles. The van der Waals surface area contributed by atoms with E-state index in [1.807, 2.05) is 0 Å². The van der Waals surface area contributed by atoms with Gasteiger partial charge < -0.3 is 20.6 Å². The molecular weight excluding hydrogens is 729 g/mol. The Balaban J connectivity index is 1.28. The predicted molar refractivity (Wildman–Crippen MR) is 258 cm³/mol. The second-order valence-corrected chi connectivity index (χ2v) is 17.1. The molecule has 0 aliphatic heterocycles. The summed E-state index contributed by atoms with van der Waals surface area (Å²) < 4.78 is 5.02. The van der Waals surface area contributed by atoms with Gasteiger partial charge in [0.2, 0.25) is 0 Å². The van der Waals surface area contributed by atoms with Crippen molar-refractivity contribution in [2.24, 2.45) is 11.5 Å². The van der Waals surface area contributed by atoms with Gasteiger partial charge in [0, 0.05) is 32.9 Å². The summed E-state index contributed by atoms with van der Waals surface area (Å²) in [5, 5.41) is 5.25. The Morgan fingerprint density at radius 2 is 0.883 bits per heavy atom. The third-order valence-corrected chi connectivity index (χ3v) is 13.6. The van der Waals surface area contributed by atoms with Crippen molar-refractivity contribution in [3.05, 3.63) is 166 Å². The van der Waals surface area contributed by atoms with Crippen LogP contribution in [0, 0.1) is 27.7 Å². The van der Waals surface area contributed by atoms with Gasteiger partial charge in [0.15, 0.2) is 0 Å². The van der Waals surface area contributed by atoms with Crippen molar-refractivity contribution in [3.8, 4) is 33.4 Å². The minimum atomic E-state index is 0.910. The number of nitrogens with zero attached hydrogens (tertiary/aromatic N) is 2. The molecule has 0 saturated carbocycles. The highest BCUT2D eigenvalue weighted by Crippen LogP contribution is 2.51. The highest BCUT2D eigenvalue weighted by molar-refractivity contribution is 6.17. The maximum atomic E-state index is 6.20. The van der Waals surface area contributed by atoms with Gasteiger partial charge in [-0.2, -0.15) is 0 Å². The van der Waals surface area contributed by atoms with Gasteiger partial charge in [-0.05, 0) is 205 Å². The summed E-state index contributed by atoms with van der Waals surface area (Å²) >= 11 is 0. The monoisotopic (exact) mass is 782 g/mol. The molecule has 60 heavy (non-hydrogen) atoms. The second kappa shape index (κ2) is 14.6. The number of hydrogen-bond acceptors (Lipinski definition) is 2. The molecule has 0 bridgehead atoms. The molecule has 0 atom stereocenters. The van der Waals surface area contributed by atoms with Crippen LogP contribution < -0.4 is 11.5 Å². The standard InChI is InChI=1S/C56H54N4/c1-7-9-43(23-25-57)59-51-21-17-39(37-13-11-33(3)35(5)27-37)29-47(51)49-31-41-16-20-46-54-42(15-19-45(53(41)54)55(49)59)32-50-48-30-40(38-14-12-34(4)36(6)28-38)18-22-52(48)60(56(46)50)44(10-8-2)24-26-58/h9-14,17-18,21-32H,7-8,15-16,19-20,57-58H2,1-6H3/b25-23-,26-24-,43-9+,44-10+. The van der Waals surface area contributed by atoms with E-state index in [9.17, 15) is 0 Å². The first-order valence-corrected chi connectivity index (χ1v) is 21.8. The summed E-state index contributed by atoms with van der Waals surface area (Å²) in [6, 6.07) is 32.9. The molecule has 2 heterocycles.